The molecule has 288 valence electrons. The molecule has 0 saturated heterocycles. The topological polar surface area (TPSA) is 86.3 Å². The lowest BCUT2D eigenvalue weighted by Gasteiger charge is -2.42. The summed E-state index contributed by atoms with van der Waals surface area (Å²) in [5.41, 5.74) is 9.22. The van der Waals surface area contributed by atoms with Crippen molar-refractivity contribution in [3.8, 4) is 22.3 Å². The highest BCUT2D eigenvalue weighted by Gasteiger charge is 2.47. The van der Waals surface area contributed by atoms with Crippen LogP contribution in [0.25, 0.3) is 33.0 Å². The zero-order valence-corrected chi connectivity index (χ0v) is 33.4. The zero-order valence-electron chi connectivity index (χ0n) is 33.4. The van der Waals surface area contributed by atoms with Crippen LogP contribution < -0.4 is 0 Å². The van der Waals surface area contributed by atoms with E-state index in [1.807, 2.05) is 18.2 Å². The summed E-state index contributed by atoms with van der Waals surface area (Å²) in [6.07, 6.45) is 22.1. The fraction of sp³-hybridized carbons (Fsp3) is 0.542. The maximum absolute atomic E-state index is 12.4. The van der Waals surface area contributed by atoms with E-state index in [1.165, 1.54) is 58.7 Å². The van der Waals surface area contributed by atoms with Crippen molar-refractivity contribution in [3.05, 3.63) is 103 Å². The molecule has 6 rings (SSSR count). The Morgan fingerprint density at radius 1 is 0.463 bits per heavy atom. The van der Waals surface area contributed by atoms with Gasteiger partial charge in [-0.15, -0.1) is 0 Å². The van der Waals surface area contributed by atoms with Gasteiger partial charge in [0, 0.05) is 35.1 Å². The lowest BCUT2D eigenvalue weighted by molar-refractivity contribution is -0.385. The van der Waals surface area contributed by atoms with E-state index in [1.54, 1.807) is 12.1 Å². The molecule has 6 nitrogen and oxygen atoms in total. The van der Waals surface area contributed by atoms with Gasteiger partial charge in [-0.05, 0) is 99.2 Å². The molecule has 4 aromatic carbocycles. The first-order valence-corrected chi connectivity index (χ1v) is 21.5. The van der Waals surface area contributed by atoms with Crippen LogP contribution in [0, 0.1) is 20.2 Å². The fourth-order valence-electron chi connectivity index (χ4n) is 10.3. The first kappa shape index (κ1) is 39.6. The standard InChI is InChI=1S/C48H62N2O4/c1-5-9-13-17-28-47(29-18-14-10-6-2)41-23-21-22-39-45-38-27-25-36(50(53)54)33-43(38)48(30-19-15-11-7-3,31-20-16-12-8-4)44(45)34-40(46(39)41)37-26-24-35(49(51)52)32-42(37)47/h21-27,32-34H,5-20,28-31H2,1-4H3. The highest BCUT2D eigenvalue weighted by Crippen LogP contribution is 2.62. The van der Waals surface area contributed by atoms with Gasteiger partial charge in [0.25, 0.3) is 11.4 Å². The van der Waals surface area contributed by atoms with Crippen molar-refractivity contribution in [2.24, 2.45) is 0 Å². The van der Waals surface area contributed by atoms with Gasteiger partial charge in [0.05, 0.1) is 9.85 Å². The van der Waals surface area contributed by atoms with E-state index in [2.05, 4.69) is 58.0 Å². The summed E-state index contributed by atoms with van der Waals surface area (Å²) in [7, 11) is 0. The van der Waals surface area contributed by atoms with Crippen molar-refractivity contribution in [1.82, 2.24) is 0 Å². The van der Waals surface area contributed by atoms with E-state index in [9.17, 15) is 20.2 Å². The number of hydrogen-bond donors (Lipinski definition) is 0. The number of nitro benzene ring substituents is 2. The van der Waals surface area contributed by atoms with Crippen molar-refractivity contribution < 1.29 is 9.85 Å². The Kier molecular flexibility index (Phi) is 12.9. The number of nitro groups is 2. The zero-order chi connectivity index (χ0) is 38.3. The third-order valence-corrected chi connectivity index (χ3v) is 13.0. The van der Waals surface area contributed by atoms with Crippen LogP contribution in [-0.4, -0.2) is 9.85 Å². The molecule has 2 aliphatic carbocycles. The maximum Gasteiger partial charge on any atom is 0.269 e. The van der Waals surface area contributed by atoms with E-state index in [0.29, 0.717) is 0 Å². The van der Waals surface area contributed by atoms with Gasteiger partial charge in [-0.1, -0.05) is 149 Å². The molecule has 0 atom stereocenters. The van der Waals surface area contributed by atoms with Crippen LogP contribution in [0.2, 0.25) is 0 Å². The molecule has 54 heavy (non-hydrogen) atoms. The van der Waals surface area contributed by atoms with Crippen LogP contribution in [-0.2, 0) is 10.8 Å². The molecule has 2 aliphatic rings. The maximum atomic E-state index is 12.4. The van der Waals surface area contributed by atoms with Crippen molar-refractivity contribution in [2.75, 3.05) is 0 Å². The van der Waals surface area contributed by atoms with Gasteiger partial charge in [0.15, 0.2) is 0 Å². The molecule has 0 unspecified atom stereocenters. The average molecular weight is 731 g/mol. The SMILES string of the molecule is CCCCCCC1(CCCCCC)c2cc([N+](=O)[O-])ccc2-c2c1cc1c3c(cccc23)C(CCCCCC)(CCCCCC)c2cc([N+](=O)[O-])ccc2-1. The molecule has 0 amide bonds. The van der Waals surface area contributed by atoms with Crippen LogP contribution in [0.15, 0.2) is 60.7 Å². The molecule has 0 saturated carbocycles. The van der Waals surface area contributed by atoms with Crippen molar-refractivity contribution in [1.29, 1.82) is 0 Å². The molecule has 0 radical (unpaired) electrons. The molecule has 0 fully saturated rings. The Balaban J connectivity index is 1.67. The normalized spacial score (nSPS) is 14.5. The molecule has 0 bridgehead atoms. The molecule has 4 aromatic rings. The van der Waals surface area contributed by atoms with Gasteiger partial charge >= 0.3 is 0 Å². The quantitative estimate of drug-likeness (QED) is 0.0457. The number of fused-ring (bicyclic) bond motifs is 6. The molecule has 0 heterocycles. The second kappa shape index (κ2) is 17.6. The summed E-state index contributed by atoms with van der Waals surface area (Å²) in [4.78, 5) is 24.3. The third-order valence-electron chi connectivity index (χ3n) is 13.0. The summed E-state index contributed by atoms with van der Waals surface area (Å²) < 4.78 is 0. The number of rotatable bonds is 22. The Bertz CT molecular complexity index is 1940. The highest BCUT2D eigenvalue weighted by molar-refractivity contribution is 6.12. The predicted octanol–water partition coefficient (Wildman–Crippen LogP) is 15.1. The van der Waals surface area contributed by atoms with Crippen LogP contribution in [0.4, 0.5) is 11.4 Å². The van der Waals surface area contributed by atoms with E-state index in [-0.39, 0.29) is 32.1 Å². The van der Waals surface area contributed by atoms with E-state index in [4.69, 9.17) is 0 Å². The number of benzene rings is 4. The second-order valence-corrected chi connectivity index (χ2v) is 16.5. The molecule has 0 spiro atoms. The number of non-ortho nitro benzene ring substituents is 2. The first-order valence-electron chi connectivity index (χ1n) is 21.5. The molecule has 6 heteroatoms. The van der Waals surface area contributed by atoms with Crippen LogP contribution in [0.1, 0.15) is 178 Å². The number of unbranched alkanes of at least 4 members (excludes halogenated alkanes) is 12. The molecule has 0 N–H and O–H groups in total. The lowest BCUT2D eigenvalue weighted by Crippen LogP contribution is -2.32. The summed E-state index contributed by atoms with van der Waals surface area (Å²) in [6.45, 7) is 8.98. The van der Waals surface area contributed by atoms with Crippen molar-refractivity contribution in [3.63, 3.8) is 0 Å². The lowest BCUT2D eigenvalue weighted by atomic mass is 9.60. The summed E-state index contributed by atoms with van der Waals surface area (Å²) in [6, 6.07) is 20.7. The van der Waals surface area contributed by atoms with Crippen LogP contribution >= 0.6 is 0 Å². The minimum Gasteiger partial charge on any atom is -0.258 e. The molecular weight excluding hydrogens is 669 g/mol. The van der Waals surface area contributed by atoms with E-state index in [0.717, 1.165) is 125 Å². The summed E-state index contributed by atoms with van der Waals surface area (Å²) >= 11 is 0. The minimum atomic E-state index is -0.339. The third kappa shape index (κ3) is 7.34. The minimum absolute atomic E-state index is 0.165. The highest BCUT2D eigenvalue weighted by atomic mass is 16.6. The van der Waals surface area contributed by atoms with Crippen molar-refractivity contribution >= 4 is 22.1 Å². The average Bonchev–Trinajstić information content (AvgIpc) is 3.45. The number of hydrogen-bond acceptors (Lipinski definition) is 4. The Labute approximate surface area is 323 Å². The summed E-state index contributed by atoms with van der Waals surface area (Å²) in [5.74, 6) is 0. The smallest absolute Gasteiger partial charge is 0.258 e. The Morgan fingerprint density at radius 3 is 1.37 bits per heavy atom. The monoisotopic (exact) mass is 730 g/mol. The molecular formula is C48H62N2O4. The Morgan fingerprint density at radius 2 is 0.907 bits per heavy atom. The summed E-state index contributed by atoms with van der Waals surface area (Å²) in [5, 5.41) is 27.3. The van der Waals surface area contributed by atoms with Crippen molar-refractivity contribution in [2.45, 2.75) is 167 Å². The Hall–Kier alpha value is -4.06. The van der Waals surface area contributed by atoms with Gasteiger partial charge in [-0.25, -0.2) is 0 Å². The van der Waals surface area contributed by atoms with Gasteiger partial charge in [-0.3, -0.25) is 20.2 Å². The second-order valence-electron chi connectivity index (χ2n) is 16.5. The van der Waals surface area contributed by atoms with Gasteiger partial charge < -0.3 is 0 Å². The van der Waals surface area contributed by atoms with Crippen LogP contribution in [0.5, 0.6) is 0 Å². The van der Waals surface area contributed by atoms with E-state index >= 15 is 0 Å². The number of nitrogens with zero attached hydrogens (tertiary/aromatic N) is 2. The van der Waals surface area contributed by atoms with Crippen LogP contribution in [0.3, 0.4) is 0 Å². The van der Waals surface area contributed by atoms with Gasteiger partial charge in [-0.2, -0.15) is 0 Å². The molecule has 0 aromatic heterocycles. The fourth-order valence-corrected chi connectivity index (χ4v) is 10.3. The first-order chi connectivity index (χ1) is 26.3. The molecule has 0 aliphatic heterocycles. The predicted molar refractivity (Wildman–Crippen MR) is 225 cm³/mol. The van der Waals surface area contributed by atoms with Gasteiger partial charge in [0.2, 0.25) is 0 Å². The van der Waals surface area contributed by atoms with Gasteiger partial charge in [0.1, 0.15) is 0 Å². The van der Waals surface area contributed by atoms with E-state index < -0.39 is 0 Å². The largest absolute Gasteiger partial charge is 0.269 e.